The van der Waals surface area contributed by atoms with Gasteiger partial charge in [0.1, 0.15) is 11.6 Å². The Labute approximate surface area is 194 Å². The number of nitrogens with two attached hydrogens (primary N) is 1. The monoisotopic (exact) mass is 477 g/mol. The number of hydrogen-bond donors (Lipinski definition) is 3. The second-order valence-corrected chi connectivity index (χ2v) is 10.9. The second kappa shape index (κ2) is 9.85. The van der Waals surface area contributed by atoms with Crippen LogP contribution in [0.2, 0.25) is 0 Å². The Balaban J connectivity index is 1.35. The van der Waals surface area contributed by atoms with Crippen molar-refractivity contribution in [2.45, 2.75) is 62.8 Å². The third kappa shape index (κ3) is 6.23. The van der Waals surface area contributed by atoms with Crippen molar-refractivity contribution in [3.8, 4) is 5.75 Å². The molecular formula is C25H33FNO5P. The molecule has 180 valence electrons. The standard InChI is InChI=1S/C25H33FNO5P/c1-31-23-8-9-24(26)21(14-23)5-3-17-2-4-19-13-20(7-6-18(19)12-17)22-10-11-25(27,15-22)16-32-33(28,29)30/h6-9,13-14,17,22H,2-5,10-12,15-16,27H2,1H3,(H2,28,29,30)/t17-,22-,25+/m1/s1. The minimum atomic E-state index is -4.51. The topological polar surface area (TPSA) is 102 Å². The van der Waals surface area contributed by atoms with Gasteiger partial charge in [0.15, 0.2) is 0 Å². The molecule has 2 aliphatic rings. The lowest BCUT2D eigenvalue weighted by atomic mass is 9.79. The largest absolute Gasteiger partial charge is 0.497 e. The lowest BCUT2D eigenvalue weighted by Gasteiger charge is -2.27. The number of ether oxygens (including phenoxy) is 1. The zero-order chi connectivity index (χ0) is 23.6. The van der Waals surface area contributed by atoms with Crippen LogP contribution in [0.1, 0.15) is 60.3 Å². The molecular weight excluding hydrogens is 444 g/mol. The van der Waals surface area contributed by atoms with Crippen molar-refractivity contribution in [3.63, 3.8) is 0 Å². The van der Waals surface area contributed by atoms with Crippen molar-refractivity contribution >= 4 is 7.82 Å². The molecule has 2 aliphatic carbocycles. The van der Waals surface area contributed by atoms with Crippen molar-refractivity contribution in [1.29, 1.82) is 0 Å². The van der Waals surface area contributed by atoms with Gasteiger partial charge in [-0.3, -0.25) is 4.52 Å². The number of phosphoric ester groups is 1. The van der Waals surface area contributed by atoms with Crippen LogP contribution < -0.4 is 10.5 Å². The summed E-state index contributed by atoms with van der Waals surface area (Å²) in [6.45, 7) is -0.131. The highest BCUT2D eigenvalue weighted by Gasteiger charge is 2.38. The first-order chi connectivity index (χ1) is 15.6. The van der Waals surface area contributed by atoms with Crippen LogP contribution in [-0.4, -0.2) is 29.0 Å². The molecule has 8 heteroatoms. The Kier molecular flexibility index (Phi) is 7.27. The maximum Gasteiger partial charge on any atom is 0.469 e. The molecule has 1 saturated carbocycles. The fourth-order valence-electron chi connectivity index (χ4n) is 5.36. The fourth-order valence-corrected chi connectivity index (χ4v) is 5.79. The van der Waals surface area contributed by atoms with E-state index in [0.29, 0.717) is 36.5 Å². The van der Waals surface area contributed by atoms with Gasteiger partial charge >= 0.3 is 7.82 Å². The number of benzene rings is 2. The van der Waals surface area contributed by atoms with Gasteiger partial charge in [0.2, 0.25) is 0 Å². The van der Waals surface area contributed by atoms with E-state index in [2.05, 4.69) is 22.7 Å². The Bertz CT molecular complexity index is 1040. The zero-order valence-electron chi connectivity index (χ0n) is 19.0. The van der Waals surface area contributed by atoms with E-state index in [9.17, 15) is 8.96 Å². The van der Waals surface area contributed by atoms with Crippen molar-refractivity contribution in [1.82, 2.24) is 0 Å². The molecule has 4 rings (SSSR count). The van der Waals surface area contributed by atoms with E-state index in [1.54, 1.807) is 19.2 Å². The molecule has 0 unspecified atom stereocenters. The predicted molar refractivity (Wildman–Crippen MR) is 125 cm³/mol. The summed E-state index contributed by atoms with van der Waals surface area (Å²) >= 11 is 0. The number of hydrogen-bond acceptors (Lipinski definition) is 4. The van der Waals surface area contributed by atoms with Crippen LogP contribution in [0.25, 0.3) is 0 Å². The number of fused-ring (bicyclic) bond motifs is 1. The van der Waals surface area contributed by atoms with Gasteiger partial charge in [-0.2, -0.15) is 0 Å². The molecule has 0 spiro atoms. The van der Waals surface area contributed by atoms with E-state index in [1.165, 1.54) is 22.8 Å². The molecule has 6 nitrogen and oxygen atoms in total. The first kappa shape index (κ1) is 24.4. The second-order valence-electron chi connectivity index (χ2n) is 9.70. The lowest BCUT2D eigenvalue weighted by Crippen LogP contribution is -2.41. The summed E-state index contributed by atoms with van der Waals surface area (Å²) in [6, 6.07) is 11.6. The van der Waals surface area contributed by atoms with Crippen LogP contribution in [0.15, 0.2) is 36.4 Å². The first-order valence-electron chi connectivity index (χ1n) is 11.6. The Hall–Kier alpha value is -1.76. The molecule has 4 N–H and O–H groups in total. The molecule has 1 fully saturated rings. The van der Waals surface area contributed by atoms with Gasteiger partial charge in [0, 0.05) is 5.54 Å². The molecule has 33 heavy (non-hydrogen) atoms. The molecule has 0 amide bonds. The van der Waals surface area contributed by atoms with E-state index in [4.69, 9.17) is 20.3 Å². The molecule has 0 aliphatic heterocycles. The smallest absolute Gasteiger partial charge is 0.469 e. The molecule has 0 radical (unpaired) electrons. The molecule has 0 aromatic heterocycles. The Morgan fingerprint density at radius 3 is 2.76 bits per heavy atom. The molecule has 0 heterocycles. The lowest BCUT2D eigenvalue weighted by molar-refractivity contribution is 0.153. The Morgan fingerprint density at radius 2 is 2.00 bits per heavy atom. The minimum absolute atomic E-state index is 0.131. The highest BCUT2D eigenvalue weighted by Crippen LogP contribution is 2.44. The quantitative estimate of drug-likeness (QED) is 0.479. The number of aryl methyl sites for hydroxylation is 2. The summed E-state index contributed by atoms with van der Waals surface area (Å²) < 4.78 is 35.1. The van der Waals surface area contributed by atoms with E-state index < -0.39 is 13.4 Å². The van der Waals surface area contributed by atoms with Gasteiger partial charge < -0.3 is 20.3 Å². The van der Waals surface area contributed by atoms with Gasteiger partial charge in [-0.25, -0.2) is 8.96 Å². The third-order valence-corrected chi connectivity index (χ3v) is 7.74. The average Bonchev–Trinajstić information content (AvgIpc) is 3.19. The van der Waals surface area contributed by atoms with E-state index in [0.717, 1.165) is 32.1 Å². The van der Waals surface area contributed by atoms with Crippen molar-refractivity contribution in [3.05, 3.63) is 64.5 Å². The van der Waals surface area contributed by atoms with E-state index in [-0.39, 0.29) is 18.3 Å². The highest BCUT2D eigenvalue weighted by atomic mass is 31.2. The van der Waals surface area contributed by atoms with Gasteiger partial charge in [-0.05, 0) is 104 Å². The van der Waals surface area contributed by atoms with Crippen LogP contribution in [0, 0.1) is 11.7 Å². The summed E-state index contributed by atoms with van der Waals surface area (Å²) in [5.41, 5.74) is 10.3. The van der Waals surface area contributed by atoms with Gasteiger partial charge in [0.25, 0.3) is 0 Å². The van der Waals surface area contributed by atoms with Gasteiger partial charge in [-0.15, -0.1) is 0 Å². The fraction of sp³-hybridized carbons (Fsp3) is 0.520. The van der Waals surface area contributed by atoms with Crippen LogP contribution in [-0.2, 0) is 28.4 Å². The number of rotatable bonds is 8. The van der Waals surface area contributed by atoms with Crippen LogP contribution >= 0.6 is 7.82 Å². The number of halogens is 1. The van der Waals surface area contributed by atoms with Gasteiger partial charge in [0.05, 0.1) is 13.7 Å². The molecule has 2 aromatic rings. The van der Waals surface area contributed by atoms with Crippen LogP contribution in [0.5, 0.6) is 5.75 Å². The summed E-state index contributed by atoms with van der Waals surface area (Å²) in [5, 5.41) is 0. The molecule has 0 bridgehead atoms. The highest BCUT2D eigenvalue weighted by molar-refractivity contribution is 7.46. The van der Waals surface area contributed by atoms with Crippen LogP contribution in [0.3, 0.4) is 0 Å². The molecule has 3 atom stereocenters. The molecule has 2 aromatic carbocycles. The van der Waals surface area contributed by atoms with E-state index >= 15 is 0 Å². The summed E-state index contributed by atoms with van der Waals surface area (Å²) in [7, 11) is -2.92. The Morgan fingerprint density at radius 1 is 1.18 bits per heavy atom. The predicted octanol–water partition coefficient (Wildman–Crippen LogP) is 4.65. The first-order valence-corrected chi connectivity index (χ1v) is 13.1. The minimum Gasteiger partial charge on any atom is -0.497 e. The summed E-state index contributed by atoms with van der Waals surface area (Å²) in [5.74, 6) is 1.32. The van der Waals surface area contributed by atoms with Crippen LogP contribution in [0.4, 0.5) is 4.39 Å². The maximum absolute atomic E-state index is 14.1. The SMILES string of the molecule is COc1ccc(F)c(CC[C@H]2CCc3cc([C@@H]4CC[C@@](N)(COP(=O)(O)O)C4)ccc3C2)c1. The number of methoxy groups -OCH3 is 1. The van der Waals surface area contributed by atoms with E-state index in [1.807, 2.05) is 0 Å². The van der Waals surface area contributed by atoms with Crippen molar-refractivity contribution in [2.75, 3.05) is 13.7 Å². The number of phosphoric acid groups is 1. The third-order valence-electron chi connectivity index (χ3n) is 7.27. The van der Waals surface area contributed by atoms with Crippen molar-refractivity contribution < 1.29 is 28.0 Å². The maximum atomic E-state index is 14.1. The zero-order valence-corrected chi connectivity index (χ0v) is 19.9. The average molecular weight is 478 g/mol. The summed E-state index contributed by atoms with van der Waals surface area (Å²) in [6.07, 6.45) is 6.97. The van der Waals surface area contributed by atoms with Crippen molar-refractivity contribution in [2.24, 2.45) is 11.7 Å². The summed E-state index contributed by atoms with van der Waals surface area (Å²) in [4.78, 5) is 18.0. The molecule has 0 saturated heterocycles. The normalized spacial score (nSPS) is 25.1. The van der Waals surface area contributed by atoms with Gasteiger partial charge in [-0.1, -0.05) is 18.2 Å².